The van der Waals surface area contributed by atoms with E-state index in [1.807, 2.05) is 0 Å². The number of carbonyl (C=O) groups excluding carboxylic acids is 2. The number of hydrogen-bond donors (Lipinski definition) is 4. The Balaban J connectivity index is 0.00000243. The van der Waals surface area contributed by atoms with E-state index in [1.165, 1.54) is 18.2 Å². The van der Waals surface area contributed by atoms with E-state index >= 15 is 0 Å². The Bertz CT molecular complexity index is 905. The first-order chi connectivity index (χ1) is 11.9. The van der Waals surface area contributed by atoms with Crippen LogP contribution in [-0.4, -0.2) is 29.9 Å². The number of benzene rings is 1. The molecule has 1 aromatic heterocycles. The van der Waals surface area contributed by atoms with Crippen molar-refractivity contribution in [2.75, 3.05) is 18.4 Å². The second kappa shape index (κ2) is 7.72. The van der Waals surface area contributed by atoms with Crippen LogP contribution in [0.5, 0.6) is 0 Å². The zero-order valence-corrected chi connectivity index (χ0v) is 15.2. The van der Waals surface area contributed by atoms with Gasteiger partial charge in [-0.25, -0.2) is 4.39 Å². The molecular weight excluding hydrogens is 359 g/mol. The van der Waals surface area contributed by atoms with Gasteiger partial charge in [-0.05, 0) is 43.7 Å². The quantitative estimate of drug-likeness (QED) is 0.614. The van der Waals surface area contributed by atoms with Crippen molar-refractivity contribution in [3.05, 3.63) is 52.1 Å². The molecule has 2 heterocycles. The summed E-state index contributed by atoms with van der Waals surface area (Å²) < 4.78 is 13.5. The van der Waals surface area contributed by atoms with Gasteiger partial charge in [0.15, 0.2) is 0 Å². The largest absolute Gasteiger partial charge is 0.358 e. The van der Waals surface area contributed by atoms with Crippen LogP contribution in [0.15, 0.2) is 18.2 Å². The first kappa shape index (κ1) is 19.7. The van der Waals surface area contributed by atoms with Crippen molar-refractivity contribution in [2.24, 2.45) is 5.73 Å². The first-order valence-electron chi connectivity index (χ1n) is 7.92. The van der Waals surface area contributed by atoms with Gasteiger partial charge in [0.05, 0.1) is 11.1 Å². The van der Waals surface area contributed by atoms with Gasteiger partial charge in [-0.3, -0.25) is 9.59 Å². The molecule has 2 amide bonds. The van der Waals surface area contributed by atoms with Crippen LogP contribution in [-0.2, 0) is 4.79 Å². The minimum Gasteiger partial charge on any atom is -0.358 e. The number of nitrogens with two attached hydrogens (primary N) is 1. The zero-order chi connectivity index (χ0) is 18.1. The van der Waals surface area contributed by atoms with Crippen LogP contribution in [0.25, 0.3) is 11.6 Å². The molecule has 1 aliphatic heterocycles. The summed E-state index contributed by atoms with van der Waals surface area (Å²) in [7, 11) is 0. The van der Waals surface area contributed by atoms with E-state index in [9.17, 15) is 14.0 Å². The molecule has 0 saturated carbocycles. The van der Waals surface area contributed by atoms with Crippen LogP contribution < -0.4 is 16.4 Å². The molecule has 0 radical (unpaired) electrons. The van der Waals surface area contributed by atoms with E-state index in [-0.39, 0.29) is 24.2 Å². The van der Waals surface area contributed by atoms with Crippen LogP contribution in [0.1, 0.15) is 32.9 Å². The minimum atomic E-state index is -0.414. The molecule has 1 aliphatic rings. The number of aromatic amines is 1. The summed E-state index contributed by atoms with van der Waals surface area (Å²) in [5, 5.41) is 5.44. The van der Waals surface area contributed by atoms with E-state index in [1.54, 1.807) is 19.9 Å². The van der Waals surface area contributed by atoms with E-state index < -0.39 is 5.82 Å². The predicted molar refractivity (Wildman–Crippen MR) is 102 cm³/mol. The van der Waals surface area contributed by atoms with E-state index in [4.69, 9.17) is 5.73 Å². The fourth-order valence-corrected chi connectivity index (χ4v) is 2.98. The number of aryl methyl sites for hydroxylation is 1. The number of nitrogens with one attached hydrogen (secondary N) is 3. The Labute approximate surface area is 156 Å². The summed E-state index contributed by atoms with van der Waals surface area (Å²) in [4.78, 5) is 27.6. The highest BCUT2D eigenvalue weighted by Crippen LogP contribution is 2.34. The fraction of sp³-hybridized carbons (Fsp3) is 0.222. The molecule has 0 aliphatic carbocycles. The number of anilines is 1. The smallest absolute Gasteiger partial charge is 0.256 e. The number of halogens is 2. The molecule has 8 heteroatoms. The van der Waals surface area contributed by atoms with Gasteiger partial charge in [0.1, 0.15) is 5.82 Å². The van der Waals surface area contributed by atoms with Gasteiger partial charge in [0.25, 0.3) is 11.8 Å². The second-order valence-electron chi connectivity index (χ2n) is 5.91. The van der Waals surface area contributed by atoms with Gasteiger partial charge in [-0.2, -0.15) is 0 Å². The van der Waals surface area contributed by atoms with Crippen molar-refractivity contribution in [3.63, 3.8) is 0 Å². The second-order valence-corrected chi connectivity index (χ2v) is 5.91. The first-order valence-corrected chi connectivity index (χ1v) is 7.92. The van der Waals surface area contributed by atoms with Crippen molar-refractivity contribution in [1.29, 1.82) is 0 Å². The minimum absolute atomic E-state index is 0. The molecule has 0 atom stereocenters. The van der Waals surface area contributed by atoms with Crippen molar-refractivity contribution in [2.45, 2.75) is 13.8 Å². The normalized spacial score (nSPS) is 14.0. The number of amides is 2. The Kier molecular flexibility index (Phi) is 5.84. The van der Waals surface area contributed by atoms with Crippen LogP contribution in [0.4, 0.5) is 10.1 Å². The Hall–Kier alpha value is -2.64. The summed E-state index contributed by atoms with van der Waals surface area (Å²) in [6.45, 7) is 4.32. The molecule has 3 rings (SSSR count). The van der Waals surface area contributed by atoms with Gasteiger partial charge < -0.3 is 21.4 Å². The summed E-state index contributed by atoms with van der Waals surface area (Å²) in [6.07, 6.45) is 1.64. The molecule has 2 aromatic rings. The highest BCUT2D eigenvalue weighted by Gasteiger charge is 2.26. The van der Waals surface area contributed by atoms with Gasteiger partial charge in [-0.15, -0.1) is 12.4 Å². The fourth-order valence-electron chi connectivity index (χ4n) is 2.98. The number of aromatic nitrogens is 1. The third-order valence-corrected chi connectivity index (χ3v) is 4.19. The maximum absolute atomic E-state index is 13.5. The number of hydrogen-bond acceptors (Lipinski definition) is 3. The molecule has 138 valence electrons. The van der Waals surface area contributed by atoms with Gasteiger partial charge >= 0.3 is 0 Å². The summed E-state index contributed by atoms with van der Waals surface area (Å²) in [5.74, 6) is -0.938. The molecule has 0 fully saturated rings. The average molecular weight is 379 g/mol. The number of rotatable bonds is 4. The molecule has 1 aromatic carbocycles. The third kappa shape index (κ3) is 3.49. The van der Waals surface area contributed by atoms with Crippen LogP contribution in [0, 0.1) is 19.7 Å². The molecule has 6 nitrogen and oxygen atoms in total. The highest BCUT2D eigenvalue weighted by atomic mass is 35.5. The molecule has 0 unspecified atom stereocenters. The van der Waals surface area contributed by atoms with E-state index in [0.717, 1.165) is 5.56 Å². The average Bonchev–Trinajstić information content (AvgIpc) is 3.02. The lowest BCUT2D eigenvalue weighted by Crippen LogP contribution is -2.29. The number of H-pyrrole nitrogens is 1. The lowest BCUT2D eigenvalue weighted by molar-refractivity contribution is -0.110. The molecular formula is C18H20ClFN4O2. The molecule has 0 spiro atoms. The van der Waals surface area contributed by atoms with Crippen molar-refractivity contribution in [3.8, 4) is 0 Å². The number of carbonyl (C=O) groups is 2. The summed E-state index contributed by atoms with van der Waals surface area (Å²) >= 11 is 0. The Morgan fingerprint density at radius 2 is 2.08 bits per heavy atom. The molecule has 26 heavy (non-hydrogen) atoms. The summed E-state index contributed by atoms with van der Waals surface area (Å²) in [5.41, 5.74) is 9.41. The standard InChI is InChI=1S/C18H19FN4O2.ClH/c1-9-15(22-10(2)16(9)18(25)21-6-5-20)8-13-12-7-11(19)3-4-14(12)23-17(13)24;/h3-4,7-8,22H,5-6,20H2,1-2H3,(H,21,25)(H,23,24);1H/b13-8-;. The zero-order valence-electron chi connectivity index (χ0n) is 14.4. The van der Waals surface area contributed by atoms with E-state index in [2.05, 4.69) is 15.6 Å². The van der Waals surface area contributed by atoms with Gasteiger partial charge in [-0.1, -0.05) is 0 Å². The lowest BCUT2D eigenvalue weighted by Gasteiger charge is -2.04. The van der Waals surface area contributed by atoms with Crippen molar-refractivity contribution >= 4 is 41.6 Å². The monoisotopic (exact) mass is 378 g/mol. The van der Waals surface area contributed by atoms with Gasteiger partial charge in [0.2, 0.25) is 0 Å². The molecule has 0 bridgehead atoms. The molecule has 0 saturated heterocycles. The maximum Gasteiger partial charge on any atom is 0.256 e. The SMILES string of the molecule is Cc1[nH]c(/C=C2\C(=O)Nc3ccc(F)cc32)c(C)c1C(=O)NCCN.Cl. The third-order valence-electron chi connectivity index (χ3n) is 4.19. The summed E-state index contributed by atoms with van der Waals surface area (Å²) in [6, 6.07) is 4.15. The van der Waals surface area contributed by atoms with Crippen LogP contribution in [0.3, 0.4) is 0 Å². The maximum atomic E-state index is 13.5. The van der Waals surface area contributed by atoms with E-state index in [0.29, 0.717) is 46.9 Å². The van der Waals surface area contributed by atoms with Gasteiger partial charge in [0, 0.05) is 35.7 Å². The highest BCUT2D eigenvalue weighted by molar-refractivity contribution is 6.34. The van der Waals surface area contributed by atoms with Crippen LogP contribution in [0.2, 0.25) is 0 Å². The van der Waals surface area contributed by atoms with Crippen molar-refractivity contribution < 1.29 is 14.0 Å². The molecule has 5 N–H and O–H groups in total. The van der Waals surface area contributed by atoms with Crippen LogP contribution >= 0.6 is 12.4 Å². The predicted octanol–water partition coefficient (Wildman–Crippen LogP) is 2.37. The number of fused-ring (bicyclic) bond motifs is 1. The lowest BCUT2D eigenvalue weighted by atomic mass is 10.0. The topological polar surface area (TPSA) is 100 Å². The Morgan fingerprint density at radius 1 is 1.35 bits per heavy atom. The Morgan fingerprint density at radius 3 is 2.77 bits per heavy atom. The van der Waals surface area contributed by atoms with Crippen molar-refractivity contribution in [1.82, 2.24) is 10.3 Å².